The first-order valence-corrected chi connectivity index (χ1v) is 9.59. The van der Waals surface area contributed by atoms with Crippen LogP contribution in [0, 0.1) is 13.7 Å². The third kappa shape index (κ3) is 3.57. The van der Waals surface area contributed by atoms with E-state index in [-0.39, 0.29) is 11.5 Å². The van der Waals surface area contributed by atoms with Crippen LogP contribution >= 0.6 is 22.6 Å². The van der Waals surface area contributed by atoms with Gasteiger partial charge in [-0.25, -0.2) is 9.97 Å². The fraction of sp³-hybridized carbons (Fsp3) is 0.158. The Morgan fingerprint density at radius 1 is 1.11 bits per heavy atom. The minimum absolute atomic E-state index is 0.118. The number of nitro groups is 1. The largest absolute Gasteiger partial charge is 0.354 e. The number of nitrogens with one attached hydrogen (secondary N) is 1. The maximum atomic E-state index is 11.9. The molecule has 0 atom stereocenters. The molecule has 1 N–H and O–H groups in total. The van der Waals surface area contributed by atoms with E-state index in [1.807, 2.05) is 47.4 Å². The summed E-state index contributed by atoms with van der Waals surface area (Å²) in [5.74, 6) is 0.504. The summed E-state index contributed by atoms with van der Waals surface area (Å²) in [5, 5.41) is 15.0. The molecular weight excluding hydrogens is 457 g/mol. The van der Waals surface area contributed by atoms with Crippen LogP contribution in [0.25, 0.3) is 0 Å². The van der Waals surface area contributed by atoms with E-state index in [9.17, 15) is 10.1 Å². The van der Waals surface area contributed by atoms with Gasteiger partial charge in [0.15, 0.2) is 0 Å². The monoisotopic (exact) mass is 473 g/mol. The molecule has 8 heteroatoms. The zero-order valence-electron chi connectivity index (χ0n) is 14.3. The van der Waals surface area contributed by atoms with E-state index in [1.165, 1.54) is 11.9 Å². The lowest BCUT2D eigenvalue weighted by Crippen LogP contribution is -2.26. The Morgan fingerprint density at radius 3 is 2.67 bits per heavy atom. The molecule has 1 aliphatic heterocycles. The standard InChI is InChI=1S/C19H16IN5O2/c20-14-7-9-15(10-8-14)23-18-17(25(26)27)19(22-12-21-18)24-11-3-5-13-4-1-2-6-16(13)24/h1-2,4,6-10,12H,3,5,11H2,(H,21,22,23). The molecule has 7 nitrogen and oxygen atoms in total. The van der Waals surface area contributed by atoms with E-state index in [1.54, 1.807) is 0 Å². The minimum atomic E-state index is -0.415. The van der Waals surface area contributed by atoms with Crippen molar-refractivity contribution in [2.45, 2.75) is 12.8 Å². The third-order valence-electron chi connectivity index (χ3n) is 4.46. The molecule has 1 aliphatic rings. The molecule has 4 rings (SSSR count). The quantitative estimate of drug-likeness (QED) is 0.333. The first kappa shape index (κ1) is 17.7. The molecule has 27 heavy (non-hydrogen) atoms. The van der Waals surface area contributed by atoms with Crippen LogP contribution in [0.15, 0.2) is 54.9 Å². The van der Waals surface area contributed by atoms with Crippen molar-refractivity contribution in [3.8, 4) is 0 Å². The van der Waals surface area contributed by atoms with Gasteiger partial charge in [0.1, 0.15) is 6.33 Å². The van der Waals surface area contributed by atoms with Gasteiger partial charge < -0.3 is 10.2 Å². The summed E-state index contributed by atoms with van der Waals surface area (Å²) in [7, 11) is 0. The first-order valence-electron chi connectivity index (χ1n) is 8.51. The van der Waals surface area contributed by atoms with Gasteiger partial charge in [0.25, 0.3) is 0 Å². The van der Waals surface area contributed by atoms with Crippen LogP contribution in [-0.4, -0.2) is 21.4 Å². The van der Waals surface area contributed by atoms with Gasteiger partial charge in [-0.15, -0.1) is 0 Å². The van der Waals surface area contributed by atoms with Crippen LogP contribution in [0.2, 0.25) is 0 Å². The zero-order valence-corrected chi connectivity index (χ0v) is 16.5. The summed E-state index contributed by atoms with van der Waals surface area (Å²) in [6.45, 7) is 0.678. The highest BCUT2D eigenvalue weighted by molar-refractivity contribution is 14.1. The van der Waals surface area contributed by atoms with Gasteiger partial charge in [0, 0.05) is 21.5 Å². The molecular formula is C19H16IN5O2. The topological polar surface area (TPSA) is 84.2 Å². The molecule has 0 bridgehead atoms. The molecule has 1 aromatic heterocycles. The van der Waals surface area contributed by atoms with Crippen LogP contribution < -0.4 is 10.2 Å². The maximum Gasteiger partial charge on any atom is 0.354 e. The molecule has 0 amide bonds. The van der Waals surface area contributed by atoms with Crippen molar-refractivity contribution in [1.29, 1.82) is 0 Å². The Kier molecular flexibility index (Phi) is 4.88. The number of aromatic nitrogens is 2. The van der Waals surface area contributed by atoms with Gasteiger partial charge in [-0.2, -0.15) is 0 Å². The predicted octanol–water partition coefficient (Wildman–Crippen LogP) is 4.82. The van der Waals surface area contributed by atoms with Crippen molar-refractivity contribution < 1.29 is 4.92 Å². The Morgan fingerprint density at radius 2 is 1.89 bits per heavy atom. The van der Waals surface area contributed by atoms with Gasteiger partial charge in [0.2, 0.25) is 11.6 Å². The van der Waals surface area contributed by atoms with Gasteiger partial charge in [-0.3, -0.25) is 10.1 Å². The van der Waals surface area contributed by atoms with Gasteiger partial charge in [-0.1, -0.05) is 18.2 Å². The number of rotatable bonds is 4. The second kappa shape index (κ2) is 7.47. The van der Waals surface area contributed by atoms with Crippen LogP contribution in [0.5, 0.6) is 0 Å². The molecule has 0 aliphatic carbocycles. The number of nitrogens with zero attached hydrogens (tertiary/aromatic N) is 4. The molecule has 0 radical (unpaired) electrons. The van der Waals surface area contributed by atoms with Crippen molar-refractivity contribution in [2.75, 3.05) is 16.8 Å². The Hall–Kier alpha value is -2.75. The summed E-state index contributed by atoms with van der Waals surface area (Å²) in [6.07, 6.45) is 3.24. The highest BCUT2D eigenvalue weighted by Crippen LogP contribution is 2.40. The normalized spacial score (nSPS) is 13.1. The van der Waals surface area contributed by atoms with Crippen molar-refractivity contribution in [1.82, 2.24) is 9.97 Å². The average Bonchev–Trinajstić information content (AvgIpc) is 2.69. The number of halogens is 1. The van der Waals surface area contributed by atoms with Crippen LogP contribution in [-0.2, 0) is 6.42 Å². The molecule has 0 fully saturated rings. The minimum Gasteiger partial charge on any atom is -0.334 e. The maximum absolute atomic E-state index is 11.9. The first-order chi connectivity index (χ1) is 13.1. The fourth-order valence-electron chi connectivity index (χ4n) is 3.25. The summed E-state index contributed by atoms with van der Waals surface area (Å²) in [5.41, 5.74) is 2.75. The average molecular weight is 473 g/mol. The van der Waals surface area contributed by atoms with E-state index < -0.39 is 4.92 Å². The Balaban J connectivity index is 1.78. The molecule has 136 valence electrons. The molecule has 0 spiro atoms. The van der Waals surface area contributed by atoms with Crippen molar-refractivity contribution in [3.05, 3.63) is 74.1 Å². The van der Waals surface area contributed by atoms with E-state index in [4.69, 9.17) is 0 Å². The fourth-order valence-corrected chi connectivity index (χ4v) is 3.61. The van der Waals surface area contributed by atoms with Crippen molar-refractivity contribution >= 4 is 51.3 Å². The molecule has 0 saturated carbocycles. The number of anilines is 4. The number of fused-ring (bicyclic) bond motifs is 1. The third-order valence-corrected chi connectivity index (χ3v) is 5.18. The van der Waals surface area contributed by atoms with Crippen LogP contribution in [0.1, 0.15) is 12.0 Å². The van der Waals surface area contributed by atoms with Gasteiger partial charge in [0.05, 0.1) is 4.92 Å². The summed E-state index contributed by atoms with van der Waals surface area (Å²) < 4.78 is 1.08. The van der Waals surface area contributed by atoms with E-state index >= 15 is 0 Å². The SMILES string of the molecule is O=[N+]([O-])c1c(Nc2ccc(I)cc2)ncnc1N1CCCc2ccccc21. The smallest absolute Gasteiger partial charge is 0.334 e. The van der Waals surface area contributed by atoms with Gasteiger partial charge in [-0.05, 0) is 71.3 Å². The lowest BCUT2D eigenvalue weighted by molar-refractivity contribution is -0.383. The molecule has 0 unspecified atom stereocenters. The number of benzene rings is 2. The molecule has 2 heterocycles. The van der Waals surface area contributed by atoms with E-state index in [0.717, 1.165) is 27.8 Å². The number of para-hydroxylation sites is 1. The van der Waals surface area contributed by atoms with Gasteiger partial charge >= 0.3 is 5.69 Å². The lowest BCUT2D eigenvalue weighted by Gasteiger charge is -2.30. The van der Waals surface area contributed by atoms with Crippen molar-refractivity contribution in [2.24, 2.45) is 0 Å². The highest BCUT2D eigenvalue weighted by Gasteiger charge is 2.30. The predicted molar refractivity (Wildman–Crippen MR) is 113 cm³/mol. The Labute approximate surface area is 169 Å². The summed E-state index contributed by atoms with van der Waals surface area (Å²) in [6, 6.07) is 15.5. The summed E-state index contributed by atoms with van der Waals surface area (Å²) in [4.78, 5) is 21.8. The molecule has 2 aromatic carbocycles. The highest BCUT2D eigenvalue weighted by atomic mass is 127. The molecule has 3 aromatic rings. The van der Waals surface area contributed by atoms with E-state index in [2.05, 4.69) is 43.9 Å². The lowest BCUT2D eigenvalue weighted by atomic mass is 10.0. The second-order valence-electron chi connectivity index (χ2n) is 6.17. The van der Waals surface area contributed by atoms with Crippen molar-refractivity contribution in [3.63, 3.8) is 0 Å². The molecule has 0 saturated heterocycles. The zero-order chi connectivity index (χ0) is 18.8. The Bertz CT molecular complexity index is 994. The van der Waals surface area contributed by atoms with E-state index in [0.29, 0.717) is 12.4 Å². The summed E-state index contributed by atoms with van der Waals surface area (Å²) >= 11 is 2.21. The van der Waals surface area contributed by atoms with Crippen LogP contribution in [0.3, 0.4) is 0 Å². The number of aryl methyl sites for hydroxylation is 1. The second-order valence-corrected chi connectivity index (χ2v) is 7.41. The number of hydrogen-bond acceptors (Lipinski definition) is 6. The van der Waals surface area contributed by atoms with Crippen LogP contribution in [0.4, 0.5) is 28.7 Å². The number of hydrogen-bond donors (Lipinski definition) is 1.